The summed E-state index contributed by atoms with van der Waals surface area (Å²) in [6.07, 6.45) is 1.36. The third-order valence-electron chi connectivity index (χ3n) is 3.53. The molecule has 0 bridgehead atoms. The highest BCUT2D eigenvalue weighted by molar-refractivity contribution is 9.10. The highest BCUT2D eigenvalue weighted by Gasteiger charge is 2.29. The number of carbonyl (C=O) groups is 1. The van der Waals surface area contributed by atoms with Gasteiger partial charge in [-0.1, -0.05) is 11.6 Å². The number of aromatic nitrogens is 1. The second-order valence-corrected chi connectivity index (χ2v) is 7.64. The fourth-order valence-corrected chi connectivity index (χ4v) is 2.95. The molecule has 0 aliphatic carbocycles. The van der Waals surface area contributed by atoms with Crippen LogP contribution >= 0.6 is 27.5 Å². The zero-order chi connectivity index (χ0) is 16.5. The Morgan fingerprint density at radius 2 is 2.05 bits per heavy atom. The van der Waals surface area contributed by atoms with Crippen molar-refractivity contribution in [2.24, 2.45) is 0 Å². The van der Waals surface area contributed by atoms with E-state index in [2.05, 4.69) is 20.9 Å². The Bertz CT molecular complexity index is 567. The van der Waals surface area contributed by atoms with Crippen LogP contribution in [0.1, 0.15) is 45.2 Å². The van der Waals surface area contributed by atoms with Crippen molar-refractivity contribution in [3.8, 4) is 0 Å². The Hall–Kier alpha value is -1.01. The fraction of sp³-hybridized carbons (Fsp3) is 0.600. The van der Waals surface area contributed by atoms with Crippen molar-refractivity contribution in [1.29, 1.82) is 0 Å². The number of nitrogens with zero attached hydrogens (tertiary/aromatic N) is 2. The Morgan fingerprint density at radius 1 is 1.45 bits per heavy atom. The molecule has 1 saturated heterocycles. The SMILES string of the molecule is CC(C)(C)OC(=O)N1CCC(c2nc(Br)c(Cl)cc2N)CC1. The average Bonchev–Trinajstić information content (AvgIpc) is 2.41. The Morgan fingerprint density at radius 3 is 2.59 bits per heavy atom. The number of likely N-dealkylation sites (tertiary alicyclic amines) is 1. The standard InChI is InChI=1S/C15H21BrClN3O2/c1-15(2,3)22-14(21)20-6-4-9(5-7-20)12-11(18)8-10(17)13(16)19-12/h8-9H,4-7,18H2,1-3H3. The zero-order valence-electron chi connectivity index (χ0n) is 13.0. The number of amides is 1. The van der Waals surface area contributed by atoms with E-state index < -0.39 is 5.60 Å². The van der Waals surface area contributed by atoms with Crippen molar-refractivity contribution in [1.82, 2.24) is 9.88 Å². The molecule has 1 aromatic rings. The molecule has 2 heterocycles. The van der Waals surface area contributed by atoms with Gasteiger partial charge < -0.3 is 15.4 Å². The van der Waals surface area contributed by atoms with Crippen molar-refractivity contribution in [2.75, 3.05) is 18.8 Å². The largest absolute Gasteiger partial charge is 0.444 e. The normalized spacial score (nSPS) is 16.7. The van der Waals surface area contributed by atoms with Gasteiger partial charge in [0.1, 0.15) is 10.2 Å². The lowest BCUT2D eigenvalue weighted by Crippen LogP contribution is -2.41. The van der Waals surface area contributed by atoms with E-state index in [1.165, 1.54) is 0 Å². The van der Waals surface area contributed by atoms with Crippen molar-refractivity contribution in [2.45, 2.75) is 45.1 Å². The van der Waals surface area contributed by atoms with E-state index >= 15 is 0 Å². The number of carbonyl (C=O) groups excluding carboxylic acids is 1. The predicted molar refractivity (Wildman–Crippen MR) is 91.1 cm³/mol. The molecular formula is C15H21BrClN3O2. The number of halogens is 2. The number of piperidine rings is 1. The molecule has 1 aliphatic heterocycles. The van der Waals surface area contributed by atoms with Crippen LogP contribution in [0.25, 0.3) is 0 Å². The number of nitrogen functional groups attached to an aromatic ring is 1. The first kappa shape index (κ1) is 17.3. The summed E-state index contributed by atoms with van der Waals surface area (Å²) < 4.78 is 6.00. The van der Waals surface area contributed by atoms with Crippen LogP contribution in [0.2, 0.25) is 5.02 Å². The van der Waals surface area contributed by atoms with Crippen LogP contribution in [0.5, 0.6) is 0 Å². The number of hydrogen-bond acceptors (Lipinski definition) is 4. The van der Waals surface area contributed by atoms with E-state index in [1.54, 1.807) is 11.0 Å². The maximum atomic E-state index is 12.1. The minimum absolute atomic E-state index is 0.229. The molecule has 0 spiro atoms. The lowest BCUT2D eigenvalue weighted by Gasteiger charge is -2.33. The van der Waals surface area contributed by atoms with Crippen molar-refractivity contribution >= 4 is 39.3 Å². The summed E-state index contributed by atoms with van der Waals surface area (Å²) in [6.45, 7) is 6.89. The molecule has 1 amide bonds. The Balaban J connectivity index is 2.01. The van der Waals surface area contributed by atoms with Crippen LogP contribution in [-0.4, -0.2) is 34.7 Å². The van der Waals surface area contributed by atoms with E-state index in [4.69, 9.17) is 22.1 Å². The molecule has 5 nitrogen and oxygen atoms in total. The second-order valence-electron chi connectivity index (χ2n) is 6.48. The highest BCUT2D eigenvalue weighted by Crippen LogP contribution is 2.34. The number of rotatable bonds is 1. The van der Waals surface area contributed by atoms with Gasteiger partial charge in [0, 0.05) is 19.0 Å². The molecule has 1 fully saturated rings. The summed E-state index contributed by atoms with van der Waals surface area (Å²) >= 11 is 9.32. The van der Waals surface area contributed by atoms with Gasteiger partial charge in [0.05, 0.1) is 16.4 Å². The number of anilines is 1. The smallest absolute Gasteiger partial charge is 0.410 e. The van der Waals surface area contributed by atoms with Crippen LogP contribution in [0, 0.1) is 0 Å². The lowest BCUT2D eigenvalue weighted by molar-refractivity contribution is 0.0204. The highest BCUT2D eigenvalue weighted by atomic mass is 79.9. The minimum atomic E-state index is -0.471. The van der Waals surface area contributed by atoms with Gasteiger partial charge in [0.15, 0.2) is 0 Å². The monoisotopic (exact) mass is 389 g/mol. The van der Waals surface area contributed by atoms with Crippen LogP contribution < -0.4 is 5.73 Å². The van der Waals surface area contributed by atoms with Gasteiger partial charge in [0.2, 0.25) is 0 Å². The molecule has 1 aliphatic rings. The molecule has 0 radical (unpaired) electrons. The molecule has 122 valence electrons. The van der Waals surface area contributed by atoms with E-state index in [0.29, 0.717) is 28.4 Å². The summed E-state index contributed by atoms with van der Waals surface area (Å²) in [5, 5.41) is 0.507. The Labute approximate surface area is 144 Å². The van der Waals surface area contributed by atoms with Gasteiger partial charge in [-0.3, -0.25) is 0 Å². The summed E-state index contributed by atoms with van der Waals surface area (Å²) in [6, 6.07) is 1.72. The average molecular weight is 391 g/mol. The van der Waals surface area contributed by atoms with Crippen LogP contribution in [0.4, 0.5) is 10.5 Å². The van der Waals surface area contributed by atoms with E-state index in [-0.39, 0.29) is 12.0 Å². The summed E-state index contributed by atoms with van der Waals surface area (Å²) in [4.78, 5) is 18.3. The van der Waals surface area contributed by atoms with Gasteiger partial charge in [-0.2, -0.15) is 0 Å². The first-order valence-electron chi connectivity index (χ1n) is 7.26. The van der Waals surface area contributed by atoms with E-state index in [0.717, 1.165) is 18.5 Å². The quantitative estimate of drug-likeness (QED) is 0.730. The first-order chi connectivity index (χ1) is 10.2. The molecule has 0 atom stereocenters. The van der Waals surface area contributed by atoms with Gasteiger partial charge in [-0.25, -0.2) is 9.78 Å². The molecule has 1 aromatic heterocycles. The predicted octanol–water partition coefficient (Wildman–Crippen LogP) is 4.19. The third kappa shape index (κ3) is 4.26. The molecule has 7 heteroatoms. The number of pyridine rings is 1. The van der Waals surface area contributed by atoms with Crippen molar-refractivity contribution < 1.29 is 9.53 Å². The summed E-state index contributed by atoms with van der Waals surface area (Å²) in [7, 11) is 0. The van der Waals surface area contributed by atoms with Gasteiger partial charge >= 0.3 is 6.09 Å². The first-order valence-corrected chi connectivity index (χ1v) is 8.44. The number of ether oxygens (including phenoxy) is 1. The molecule has 0 aromatic carbocycles. The molecule has 2 rings (SSSR count). The molecular weight excluding hydrogens is 370 g/mol. The lowest BCUT2D eigenvalue weighted by atomic mass is 9.92. The Kier molecular flexibility index (Phi) is 5.22. The summed E-state index contributed by atoms with van der Waals surface area (Å²) in [5.41, 5.74) is 7.00. The van der Waals surface area contributed by atoms with Crippen molar-refractivity contribution in [3.05, 3.63) is 21.4 Å². The molecule has 22 heavy (non-hydrogen) atoms. The van der Waals surface area contributed by atoms with E-state index in [9.17, 15) is 4.79 Å². The van der Waals surface area contributed by atoms with Gasteiger partial charge in [0.25, 0.3) is 0 Å². The molecule has 2 N–H and O–H groups in total. The van der Waals surface area contributed by atoms with Crippen LogP contribution in [-0.2, 0) is 4.74 Å². The summed E-state index contributed by atoms with van der Waals surface area (Å²) in [5.74, 6) is 0.229. The van der Waals surface area contributed by atoms with Gasteiger partial charge in [-0.15, -0.1) is 0 Å². The molecule has 0 saturated carbocycles. The third-order valence-corrected chi connectivity index (χ3v) is 4.65. The van der Waals surface area contributed by atoms with Gasteiger partial charge in [-0.05, 0) is 55.6 Å². The van der Waals surface area contributed by atoms with E-state index in [1.807, 2.05) is 20.8 Å². The zero-order valence-corrected chi connectivity index (χ0v) is 15.4. The van der Waals surface area contributed by atoms with Crippen molar-refractivity contribution in [3.63, 3.8) is 0 Å². The van der Waals surface area contributed by atoms with Crippen LogP contribution in [0.3, 0.4) is 0 Å². The molecule has 0 unspecified atom stereocenters. The number of hydrogen-bond donors (Lipinski definition) is 1. The number of nitrogens with two attached hydrogens (primary N) is 1. The second kappa shape index (κ2) is 6.62. The maximum absolute atomic E-state index is 12.1. The fourth-order valence-electron chi connectivity index (χ4n) is 2.48. The van der Waals surface area contributed by atoms with Crippen LogP contribution in [0.15, 0.2) is 10.7 Å². The topological polar surface area (TPSA) is 68.5 Å². The minimum Gasteiger partial charge on any atom is -0.444 e. The maximum Gasteiger partial charge on any atom is 0.410 e.